The number of hydrogen-bond acceptors (Lipinski definition) is 1. The van der Waals surface area contributed by atoms with E-state index in [9.17, 15) is 0 Å². The maximum absolute atomic E-state index is 3.80. The first-order valence-electron chi connectivity index (χ1n) is 5.88. The van der Waals surface area contributed by atoms with Crippen LogP contribution in [0.15, 0.2) is 41.4 Å². The number of benzene rings is 1. The number of halogens is 1. The zero-order valence-corrected chi connectivity index (χ0v) is 11.1. The first-order valence-corrected chi connectivity index (χ1v) is 6.67. The van der Waals surface area contributed by atoms with E-state index in [0.717, 1.165) is 12.5 Å². The second-order valence-corrected chi connectivity index (χ2v) is 5.33. The minimum absolute atomic E-state index is 0.735. The van der Waals surface area contributed by atoms with Gasteiger partial charge in [-0.2, -0.15) is 0 Å². The summed E-state index contributed by atoms with van der Waals surface area (Å²) in [4.78, 5) is 2.47. The molecule has 0 N–H and O–H groups in total. The van der Waals surface area contributed by atoms with E-state index in [1.165, 1.54) is 36.0 Å². The third-order valence-electron chi connectivity index (χ3n) is 3.29. The molecular formula is C14H18BrN. The summed E-state index contributed by atoms with van der Waals surface area (Å²) >= 11 is 3.54. The second kappa shape index (κ2) is 5.65. The van der Waals surface area contributed by atoms with E-state index >= 15 is 0 Å². The molecule has 1 aromatic carbocycles. The monoisotopic (exact) mass is 279 g/mol. The van der Waals surface area contributed by atoms with E-state index in [0.29, 0.717) is 0 Å². The van der Waals surface area contributed by atoms with Crippen molar-refractivity contribution < 1.29 is 0 Å². The molecule has 86 valence electrons. The molecule has 1 heterocycles. The highest BCUT2D eigenvalue weighted by atomic mass is 79.9. The molecule has 1 aliphatic heterocycles. The number of piperidine rings is 1. The normalized spacial score (nSPS) is 18.6. The highest BCUT2D eigenvalue weighted by Crippen LogP contribution is 2.29. The predicted octanol–water partition coefficient (Wildman–Crippen LogP) is 3.81. The summed E-state index contributed by atoms with van der Waals surface area (Å²) in [5.74, 6) is 0.735. The van der Waals surface area contributed by atoms with Gasteiger partial charge in [-0.25, -0.2) is 0 Å². The van der Waals surface area contributed by atoms with Crippen LogP contribution in [0.2, 0.25) is 0 Å². The Balaban J connectivity index is 1.96. The third-order valence-corrected chi connectivity index (χ3v) is 3.79. The molecule has 0 radical (unpaired) electrons. The Kier molecular flexibility index (Phi) is 4.19. The summed E-state index contributed by atoms with van der Waals surface area (Å²) in [5.41, 5.74) is 1.48. The van der Waals surface area contributed by atoms with E-state index in [1.54, 1.807) is 0 Å². The van der Waals surface area contributed by atoms with Crippen molar-refractivity contribution >= 4 is 15.9 Å². The van der Waals surface area contributed by atoms with E-state index in [4.69, 9.17) is 0 Å². The van der Waals surface area contributed by atoms with Gasteiger partial charge in [-0.15, -0.1) is 6.58 Å². The maximum Gasteiger partial charge on any atom is 0.0178 e. The van der Waals surface area contributed by atoms with Crippen LogP contribution in [0.1, 0.15) is 24.3 Å². The van der Waals surface area contributed by atoms with Crippen molar-refractivity contribution in [1.29, 1.82) is 0 Å². The lowest BCUT2D eigenvalue weighted by Gasteiger charge is -2.31. The lowest BCUT2D eigenvalue weighted by atomic mass is 9.89. The van der Waals surface area contributed by atoms with Crippen molar-refractivity contribution in [2.24, 2.45) is 0 Å². The molecule has 0 bridgehead atoms. The van der Waals surface area contributed by atoms with Crippen molar-refractivity contribution in [3.05, 3.63) is 47.0 Å². The molecule has 1 aliphatic rings. The summed E-state index contributed by atoms with van der Waals surface area (Å²) < 4.78 is 1.19. The van der Waals surface area contributed by atoms with Gasteiger partial charge in [0.15, 0.2) is 0 Å². The summed E-state index contributed by atoms with van der Waals surface area (Å²) in [6.45, 7) is 7.22. The summed E-state index contributed by atoms with van der Waals surface area (Å²) in [7, 11) is 0. The molecule has 2 rings (SSSR count). The zero-order valence-electron chi connectivity index (χ0n) is 9.53. The minimum Gasteiger partial charge on any atom is -0.300 e. The van der Waals surface area contributed by atoms with Crippen molar-refractivity contribution in [3.63, 3.8) is 0 Å². The molecule has 0 atom stereocenters. The van der Waals surface area contributed by atoms with Crippen molar-refractivity contribution in [2.75, 3.05) is 19.6 Å². The van der Waals surface area contributed by atoms with Gasteiger partial charge < -0.3 is 0 Å². The highest BCUT2D eigenvalue weighted by Gasteiger charge is 2.19. The summed E-state index contributed by atoms with van der Waals surface area (Å²) in [5, 5.41) is 0. The van der Waals surface area contributed by atoms with E-state index < -0.39 is 0 Å². The minimum atomic E-state index is 0.735. The second-order valence-electron chi connectivity index (χ2n) is 4.42. The van der Waals surface area contributed by atoms with Crippen LogP contribution in [0.5, 0.6) is 0 Å². The molecule has 0 unspecified atom stereocenters. The van der Waals surface area contributed by atoms with Crippen LogP contribution in [-0.4, -0.2) is 24.5 Å². The predicted molar refractivity (Wildman–Crippen MR) is 72.8 cm³/mol. The van der Waals surface area contributed by atoms with E-state index in [2.05, 4.69) is 51.7 Å². The molecule has 1 saturated heterocycles. The Morgan fingerprint density at radius 3 is 2.75 bits per heavy atom. The van der Waals surface area contributed by atoms with Crippen LogP contribution < -0.4 is 0 Å². The summed E-state index contributed by atoms with van der Waals surface area (Å²) in [6, 6.07) is 8.73. The molecule has 0 aromatic heterocycles. The van der Waals surface area contributed by atoms with Crippen molar-refractivity contribution in [3.8, 4) is 0 Å². The molecule has 0 spiro atoms. The first kappa shape index (κ1) is 11.9. The Morgan fingerprint density at radius 2 is 2.12 bits per heavy atom. The molecule has 0 saturated carbocycles. The van der Waals surface area contributed by atoms with Gasteiger partial charge in [-0.05, 0) is 49.5 Å². The van der Waals surface area contributed by atoms with Crippen LogP contribution in [0.4, 0.5) is 0 Å². The number of likely N-dealkylation sites (tertiary alicyclic amines) is 1. The number of hydrogen-bond donors (Lipinski definition) is 0. The lowest BCUT2D eigenvalue weighted by Crippen LogP contribution is -2.32. The van der Waals surface area contributed by atoms with Crippen LogP contribution >= 0.6 is 15.9 Å². The molecule has 0 amide bonds. The molecule has 1 nitrogen and oxygen atoms in total. The Morgan fingerprint density at radius 1 is 1.38 bits per heavy atom. The smallest absolute Gasteiger partial charge is 0.0178 e. The SMILES string of the molecule is C=CCN1CCC(c2cccc(Br)c2)CC1. The fourth-order valence-electron chi connectivity index (χ4n) is 2.39. The van der Waals surface area contributed by atoms with Gasteiger partial charge in [0.25, 0.3) is 0 Å². The third kappa shape index (κ3) is 2.96. The first-order chi connectivity index (χ1) is 7.79. The molecule has 0 aliphatic carbocycles. The quantitative estimate of drug-likeness (QED) is 0.761. The van der Waals surface area contributed by atoms with E-state index in [-0.39, 0.29) is 0 Å². The van der Waals surface area contributed by atoms with Crippen molar-refractivity contribution in [1.82, 2.24) is 4.90 Å². The average molecular weight is 280 g/mol. The van der Waals surface area contributed by atoms with Gasteiger partial charge in [-0.3, -0.25) is 4.90 Å². The van der Waals surface area contributed by atoms with Gasteiger partial charge in [0, 0.05) is 11.0 Å². The molecule has 1 fully saturated rings. The fraction of sp³-hybridized carbons (Fsp3) is 0.429. The van der Waals surface area contributed by atoms with Gasteiger partial charge in [0.05, 0.1) is 0 Å². The Bertz CT molecular complexity index is 354. The van der Waals surface area contributed by atoms with Crippen LogP contribution in [0, 0.1) is 0 Å². The van der Waals surface area contributed by atoms with Crippen molar-refractivity contribution in [2.45, 2.75) is 18.8 Å². The van der Waals surface area contributed by atoms with Gasteiger partial charge in [0.1, 0.15) is 0 Å². The lowest BCUT2D eigenvalue weighted by molar-refractivity contribution is 0.232. The molecule has 16 heavy (non-hydrogen) atoms. The van der Waals surface area contributed by atoms with Crippen LogP contribution in [0.3, 0.4) is 0 Å². The standard InChI is InChI=1S/C14H18BrN/c1-2-8-16-9-6-12(7-10-16)13-4-3-5-14(15)11-13/h2-5,11-12H,1,6-10H2. The Labute approximate surface area is 106 Å². The zero-order chi connectivity index (χ0) is 11.4. The molecule has 2 heteroatoms. The topological polar surface area (TPSA) is 3.24 Å². The Hall–Kier alpha value is -0.600. The largest absolute Gasteiger partial charge is 0.300 e. The summed E-state index contributed by atoms with van der Waals surface area (Å²) in [6.07, 6.45) is 4.54. The molecule has 1 aromatic rings. The van der Waals surface area contributed by atoms with Gasteiger partial charge in [-0.1, -0.05) is 34.1 Å². The fourth-order valence-corrected chi connectivity index (χ4v) is 2.81. The molecular weight excluding hydrogens is 262 g/mol. The maximum atomic E-state index is 3.80. The van der Waals surface area contributed by atoms with Crippen LogP contribution in [0.25, 0.3) is 0 Å². The highest BCUT2D eigenvalue weighted by molar-refractivity contribution is 9.10. The van der Waals surface area contributed by atoms with Gasteiger partial charge >= 0.3 is 0 Å². The van der Waals surface area contributed by atoms with Gasteiger partial charge in [0.2, 0.25) is 0 Å². The van der Waals surface area contributed by atoms with E-state index in [1.807, 2.05) is 6.08 Å². The average Bonchev–Trinajstić information content (AvgIpc) is 2.30. The van der Waals surface area contributed by atoms with Crippen LogP contribution in [-0.2, 0) is 0 Å². The number of rotatable bonds is 3. The number of nitrogens with zero attached hydrogens (tertiary/aromatic N) is 1.